The third-order valence-corrected chi connectivity index (χ3v) is 7.29. The molecule has 3 nitrogen and oxygen atoms in total. The fourth-order valence-electron chi connectivity index (χ4n) is 2.57. The van der Waals surface area contributed by atoms with Crippen LogP contribution in [-0.2, 0) is 20.3 Å². The molecule has 0 aliphatic rings. The summed E-state index contributed by atoms with van der Waals surface area (Å²) in [7, 11) is -3.45. The molecule has 0 saturated heterocycles. The zero-order valence-corrected chi connectivity index (χ0v) is 15.7. The molecule has 3 rings (SSSR count). The summed E-state index contributed by atoms with van der Waals surface area (Å²) in [6.07, 6.45) is 0. The molecule has 0 amide bonds. The van der Waals surface area contributed by atoms with Crippen molar-refractivity contribution in [1.82, 2.24) is 0 Å². The van der Waals surface area contributed by atoms with Crippen molar-refractivity contribution in [3.8, 4) is 0 Å². The van der Waals surface area contributed by atoms with Crippen LogP contribution in [0.25, 0.3) is 0 Å². The van der Waals surface area contributed by atoms with Crippen LogP contribution in [0.4, 0.5) is 13.2 Å². The average Bonchev–Trinajstić information content (AvgIpc) is 2.63. The van der Waals surface area contributed by atoms with Gasteiger partial charge in [0.1, 0.15) is 17.5 Å². The zero-order chi connectivity index (χ0) is 19.2. The maximum absolute atomic E-state index is 13.2. The van der Waals surface area contributed by atoms with Crippen LogP contribution in [0.15, 0.2) is 72.8 Å². The number of benzene rings is 3. The summed E-state index contributed by atoms with van der Waals surface area (Å²) in [5.74, 6) is -1.24. The van der Waals surface area contributed by atoms with E-state index >= 15 is 0 Å². The topological polar surface area (TPSA) is 60.4 Å². The van der Waals surface area contributed by atoms with Gasteiger partial charge < -0.3 is 4.80 Å². The van der Waals surface area contributed by atoms with E-state index in [-0.39, 0.29) is 0 Å². The number of rotatable bonds is 3. The third-order valence-electron chi connectivity index (χ3n) is 3.79. The van der Waals surface area contributed by atoms with Gasteiger partial charge >= 0.3 is 24.3 Å². The molecular weight excluding hydrogens is 400 g/mol. The van der Waals surface area contributed by atoms with Crippen LogP contribution in [0.1, 0.15) is 0 Å². The van der Waals surface area contributed by atoms with Crippen molar-refractivity contribution in [2.75, 3.05) is 0 Å². The Labute approximate surface area is 156 Å². The first kappa shape index (κ1) is 20.3. The quantitative estimate of drug-likeness (QED) is 0.510. The molecule has 0 aliphatic heterocycles. The number of hydrogen-bond acceptors (Lipinski definition) is 3. The van der Waals surface area contributed by atoms with Gasteiger partial charge in [0.2, 0.25) is 0 Å². The summed E-state index contributed by atoms with van der Waals surface area (Å²) in [6, 6.07) is 16.6. The Morgan fingerprint density at radius 1 is 0.654 bits per heavy atom. The molecule has 0 fully saturated rings. The molecule has 0 aliphatic carbocycles. The molecule has 0 saturated carbocycles. The van der Waals surface area contributed by atoms with Crippen LogP contribution in [0.3, 0.4) is 0 Å². The average molecular weight is 413 g/mol. The zero-order valence-electron chi connectivity index (χ0n) is 13.3. The summed E-state index contributed by atoms with van der Waals surface area (Å²) in [4.78, 5) is 11.5. The Morgan fingerprint density at radius 3 is 1.04 bits per heavy atom. The summed E-state index contributed by atoms with van der Waals surface area (Å²) in [5.41, 5.74) is 0. The predicted molar refractivity (Wildman–Crippen MR) is 86.8 cm³/mol. The standard InChI is InChI=1S/C18H13F3OSi.2O.V/c19-13-1-7-16(8-2-13)23(22,17-9-3-14(20)4-10-17)18-11-5-15(21)6-12-18;;;/h1-12,22H;;;/q;;-1;. The molecule has 134 valence electrons. The summed E-state index contributed by atoms with van der Waals surface area (Å²) in [5, 5.41) is 1.62. The Kier molecular flexibility index (Phi) is 7.07. The van der Waals surface area contributed by atoms with Gasteiger partial charge in [-0.2, -0.15) is 0 Å². The van der Waals surface area contributed by atoms with Crippen molar-refractivity contribution in [3.05, 3.63) is 90.2 Å². The van der Waals surface area contributed by atoms with Crippen molar-refractivity contribution in [3.63, 3.8) is 0 Å². The Bertz CT molecular complexity index is 745. The molecule has 3 aromatic carbocycles. The van der Waals surface area contributed by atoms with E-state index in [2.05, 4.69) is 0 Å². The van der Waals surface area contributed by atoms with Gasteiger partial charge in [0, 0.05) is 0 Å². The monoisotopic (exact) mass is 413 g/mol. The third kappa shape index (κ3) is 4.57. The molecular formula is C18H13F3O3SiV-. The van der Waals surface area contributed by atoms with Crippen molar-refractivity contribution >= 4 is 23.9 Å². The summed E-state index contributed by atoms with van der Waals surface area (Å²) in [6.45, 7) is 0. The van der Waals surface area contributed by atoms with Crippen molar-refractivity contribution in [2.45, 2.75) is 0 Å². The van der Waals surface area contributed by atoms with E-state index in [1.165, 1.54) is 72.8 Å². The molecule has 0 radical (unpaired) electrons. The van der Waals surface area contributed by atoms with Gasteiger partial charge in [0.25, 0.3) is 8.32 Å². The van der Waals surface area contributed by atoms with Crippen LogP contribution in [-0.4, -0.2) is 13.1 Å². The van der Waals surface area contributed by atoms with Crippen LogP contribution >= 0.6 is 0 Å². The van der Waals surface area contributed by atoms with Gasteiger partial charge in [-0.3, -0.25) is 0 Å². The first-order chi connectivity index (χ1) is 12.4. The van der Waals surface area contributed by atoms with Crippen LogP contribution < -0.4 is 19.6 Å². The van der Waals surface area contributed by atoms with Gasteiger partial charge in [-0.25, -0.2) is 13.2 Å². The van der Waals surface area contributed by atoms with E-state index in [1.54, 1.807) is 0 Å². The van der Waals surface area contributed by atoms with E-state index in [0.29, 0.717) is 15.6 Å². The fraction of sp³-hybridized carbons (Fsp3) is 0. The second kappa shape index (κ2) is 9.07. The molecule has 8 heteroatoms. The first-order valence-electron chi connectivity index (χ1n) is 7.37. The Morgan fingerprint density at radius 2 is 0.846 bits per heavy atom. The van der Waals surface area contributed by atoms with E-state index in [1.807, 2.05) is 0 Å². The van der Waals surface area contributed by atoms with E-state index in [9.17, 15) is 18.0 Å². The molecule has 0 spiro atoms. The number of hydrogen-bond donors (Lipinski definition) is 1. The van der Waals surface area contributed by atoms with E-state index in [0.717, 1.165) is 0 Å². The van der Waals surface area contributed by atoms with Gasteiger partial charge in [-0.05, 0) is 52.0 Å². The van der Waals surface area contributed by atoms with E-state index < -0.39 is 42.4 Å². The molecule has 3 aromatic rings. The normalized spacial score (nSPS) is 10.7. The molecule has 0 heterocycles. The molecule has 0 atom stereocenters. The van der Waals surface area contributed by atoms with Crippen molar-refractivity contribution in [1.29, 1.82) is 0 Å². The number of halogens is 3. The maximum atomic E-state index is 13.2. The van der Waals surface area contributed by atoms with Gasteiger partial charge in [-0.15, -0.1) is 0 Å². The Balaban J connectivity index is 0.000000758. The molecule has 1 N–H and O–H groups in total. The van der Waals surface area contributed by atoms with Crippen LogP contribution in [0, 0.1) is 17.5 Å². The fourth-order valence-corrected chi connectivity index (χ4v) is 5.52. The second-order valence-corrected chi connectivity index (χ2v) is 8.69. The predicted octanol–water partition coefficient (Wildman–Crippen LogP) is 0.753. The Hall–Kier alpha value is -2.03. The SMILES string of the molecule is O[Si](c1ccc(F)cc1)(c1ccc(F)cc1)c1ccc(F)cc1.[O]=[V][O-]. The molecule has 26 heavy (non-hydrogen) atoms. The minimum atomic E-state index is -3.45. The van der Waals surface area contributed by atoms with E-state index in [4.69, 9.17) is 7.71 Å². The van der Waals surface area contributed by atoms with Crippen LogP contribution in [0.5, 0.6) is 0 Å². The molecule has 0 bridgehead atoms. The molecule has 0 unspecified atom stereocenters. The summed E-state index contributed by atoms with van der Waals surface area (Å²) >= 11 is -1.81. The second-order valence-electron chi connectivity index (χ2n) is 5.31. The summed E-state index contributed by atoms with van der Waals surface area (Å²) < 4.78 is 56.6. The van der Waals surface area contributed by atoms with Crippen molar-refractivity contribution in [2.24, 2.45) is 0 Å². The van der Waals surface area contributed by atoms with Crippen LogP contribution in [0.2, 0.25) is 0 Å². The van der Waals surface area contributed by atoms with Gasteiger partial charge in [0.15, 0.2) is 0 Å². The first-order valence-corrected chi connectivity index (χ1v) is 10.5. The minimum absolute atomic E-state index is 0.414. The van der Waals surface area contributed by atoms with Gasteiger partial charge in [0.05, 0.1) is 0 Å². The molecule has 0 aromatic heterocycles. The van der Waals surface area contributed by atoms with Crippen molar-refractivity contribution < 1.29 is 42.3 Å². The van der Waals surface area contributed by atoms with Gasteiger partial charge in [-0.1, -0.05) is 36.4 Å².